The lowest BCUT2D eigenvalue weighted by molar-refractivity contribution is -0.140. The summed E-state index contributed by atoms with van der Waals surface area (Å²) in [4.78, 5) is 24.7. The lowest BCUT2D eigenvalue weighted by Crippen LogP contribution is -2.16. The van der Waals surface area contributed by atoms with Gasteiger partial charge >= 0.3 is 5.97 Å². The molecule has 0 atom stereocenters. The van der Waals surface area contributed by atoms with Gasteiger partial charge in [0, 0.05) is 22.2 Å². The van der Waals surface area contributed by atoms with Crippen LogP contribution in [0.15, 0.2) is 89.8 Å². The number of hydrogen-bond donors (Lipinski definition) is 0. The second kappa shape index (κ2) is 8.80. The van der Waals surface area contributed by atoms with Crippen molar-refractivity contribution < 1.29 is 22.7 Å². The molecule has 1 aromatic heterocycles. The molecule has 32 heavy (non-hydrogen) atoms. The number of aryl methyl sites for hydroxylation is 1. The summed E-state index contributed by atoms with van der Waals surface area (Å²) in [7, 11) is -2.62. The molecule has 6 nitrogen and oxygen atoms in total. The van der Waals surface area contributed by atoms with Crippen molar-refractivity contribution >= 4 is 32.7 Å². The minimum absolute atomic E-state index is 0.0347. The number of aromatic nitrogens is 1. The van der Waals surface area contributed by atoms with E-state index in [9.17, 15) is 18.0 Å². The molecule has 0 bridgehead atoms. The lowest BCUT2D eigenvalue weighted by Gasteiger charge is -2.12. The molecular formula is C25H21NO5S. The van der Waals surface area contributed by atoms with Crippen LogP contribution >= 0.6 is 0 Å². The molecule has 0 unspecified atom stereocenters. The Morgan fingerprint density at radius 2 is 1.50 bits per heavy atom. The first-order chi connectivity index (χ1) is 15.4. The number of nitrogens with zero attached hydrogens (tertiary/aromatic N) is 1. The number of esters is 1. The van der Waals surface area contributed by atoms with Gasteiger partial charge in [-0.05, 0) is 42.8 Å². The number of methoxy groups -OCH3 is 1. The van der Waals surface area contributed by atoms with E-state index in [1.165, 1.54) is 23.2 Å². The number of carbonyl (C=O) groups excluding carboxylic acids is 2. The summed E-state index contributed by atoms with van der Waals surface area (Å²) < 4.78 is 32.9. The van der Waals surface area contributed by atoms with Gasteiger partial charge in [-0.2, -0.15) is 0 Å². The zero-order valence-electron chi connectivity index (χ0n) is 17.4. The molecule has 0 N–H and O–H groups in total. The van der Waals surface area contributed by atoms with Gasteiger partial charge in [-0.25, -0.2) is 12.4 Å². The Morgan fingerprint density at radius 1 is 0.844 bits per heavy atom. The summed E-state index contributed by atoms with van der Waals surface area (Å²) in [6, 6.07) is 23.6. The molecule has 0 fully saturated rings. The minimum atomic E-state index is -3.91. The highest BCUT2D eigenvalue weighted by Crippen LogP contribution is 2.28. The lowest BCUT2D eigenvalue weighted by atomic mass is 10.0. The van der Waals surface area contributed by atoms with Crippen molar-refractivity contribution in [3.63, 3.8) is 0 Å². The third-order valence-electron chi connectivity index (χ3n) is 5.22. The number of hydrogen-bond acceptors (Lipinski definition) is 5. The Morgan fingerprint density at radius 3 is 2.16 bits per heavy atom. The molecule has 0 saturated carbocycles. The average molecular weight is 448 g/mol. The molecule has 0 spiro atoms. The van der Waals surface area contributed by atoms with E-state index in [0.717, 1.165) is 0 Å². The number of carbonyl (C=O) groups is 2. The van der Waals surface area contributed by atoms with Crippen LogP contribution in [0.25, 0.3) is 10.9 Å². The summed E-state index contributed by atoms with van der Waals surface area (Å²) in [5.41, 5.74) is 1.89. The molecule has 7 heteroatoms. The quantitative estimate of drug-likeness (QED) is 0.313. The predicted octanol–water partition coefficient (Wildman–Crippen LogP) is 4.21. The van der Waals surface area contributed by atoms with Gasteiger partial charge in [0.1, 0.15) is 0 Å². The Bertz CT molecular complexity index is 1390. The number of ketones is 1. The fourth-order valence-corrected chi connectivity index (χ4v) is 5.22. The molecule has 0 aliphatic rings. The summed E-state index contributed by atoms with van der Waals surface area (Å²) in [6.45, 7) is 0. The van der Waals surface area contributed by atoms with E-state index in [1.54, 1.807) is 66.7 Å². The smallest absolute Gasteiger partial charge is 0.305 e. The van der Waals surface area contributed by atoms with Crippen molar-refractivity contribution in [2.24, 2.45) is 0 Å². The second-order valence-corrected chi connectivity index (χ2v) is 9.05. The third-order valence-corrected chi connectivity index (χ3v) is 7.00. The van der Waals surface area contributed by atoms with Crippen LogP contribution in [0, 0.1) is 0 Å². The maximum atomic E-state index is 13.5. The normalized spacial score (nSPS) is 11.4. The van der Waals surface area contributed by atoms with Crippen LogP contribution < -0.4 is 0 Å². The minimum Gasteiger partial charge on any atom is -0.469 e. The van der Waals surface area contributed by atoms with E-state index >= 15 is 0 Å². The van der Waals surface area contributed by atoms with Gasteiger partial charge in [-0.3, -0.25) is 9.59 Å². The monoisotopic (exact) mass is 447 g/mol. The summed E-state index contributed by atoms with van der Waals surface area (Å²) in [6.07, 6.45) is 0.211. The SMILES string of the molecule is COC(=O)CCc1cc2cc(C(=O)c3ccccc3)ccc2n1S(=O)(=O)c1ccccc1. The highest BCUT2D eigenvalue weighted by molar-refractivity contribution is 7.90. The van der Waals surface area contributed by atoms with Gasteiger partial charge in [0.2, 0.25) is 0 Å². The Kier molecular flexibility index (Phi) is 5.92. The van der Waals surface area contributed by atoms with Crippen LogP contribution in [0.4, 0.5) is 0 Å². The Balaban J connectivity index is 1.85. The van der Waals surface area contributed by atoms with Crippen molar-refractivity contribution in [2.75, 3.05) is 7.11 Å². The molecule has 0 saturated heterocycles. The predicted molar refractivity (Wildman–Crippen MR) is 121 cm³/mol. The summed E-state index contributed by atoms with van der Waals surface area (Å²) in [5.74, 6) is -0.582. The standard InChI is InChI=1S/C25H21NO5S/c1-31-24(27)15-13-21-17-20-16-19(25(28)18-8-4-2-5-9-18)12-14-23(20)26(21)32(29,30)22-10-6-3-7-11-22/h2-12,14,16-17H,13,15H2,1H3. The van der Waals surface area contributed by atoms with E-state index < -0.39 is 16.0 Å². The number of ether oxygens (including phenoxy) is 1. The van der Waals surface area contributed by atoms with Crippen molar-refractivity contribution in [2.45, 2.75) is 17.7 Å². The van der Waals surface area contributed by atoms with Gasteiger partial charge in [0.15, 0.2) is 5.78 Å². The highest BCUT2D eigenvalue weighted by Gasteiger charge is 2.24. The fourth-order valence-electron chi connectivity index (χ4n) is 3.63. The topological polar surface area (TPSA) is 82.4 Å². The molecule has 0 aliphatic carbocycles. The zero-order valence-corrected chi connectivity index (χ0v) is 18.2. The van der Waals surface area contributed by atoms with Gasteiger partial charge < -0.3 is 4.74 Å². The molecule has 4 rings (SSSR count). The third kappa shape index (κ3) is 4.07. The largest absolute Gasteiger partial charge is 0.469 e. The second-order valence-electron chi connectivity index (χ2n) is 7.26. The van der Waals surface area contributed by atoms with Crippen molar-refractivity contribution in [1.29, 1.82) is 0 Å². The Labute approximate surface area is 186 Å². The van der Waals surface area contributed by atoms with Crippen LogP contribution in [0.3, 0.4) is 0 Å². The van der Waals surface area contributed by atoms with E-state index in [1.807, 2.05) is 6.07 Å². The zero-order chi connectivity index (χ0) is 22.7. The molecule has 0 aliphatic heterocycles. The van der Waals surface area contributed by atoms with E-state index in [-0.39, 0.29) is 23.5 Å². The molecule has 0 radical (unpaired) electrons. The summed E-state index contributed by atoms with van der Waals surface area (Å²) >= 11 is 0. The molecule has 162 valence electrons. The van der Waals surface area contributed by atoms with Gasteiger partial charge in [0.25, 0.3) is 10.0 Å². The van der Waals surface area contributed by atoms with Gasteiger partial charge in [0.05, 0.1) is 23.9 Å². The van der Waals surface area contributed by atoms with Gasteiger partial charge in [-0.15, -0.1) is 0 Å². The van der Waals surface area contributed by atoms with Crippen LogP contribution in [-0.4, -0.2) is 31.3 Å². The molecule has 3 aromatic carbocycles. The van der Waals surface area contributed by atoms with Crippen LogP contribution in [0.5, 0.6) is 0 Å². The van der Waals surface area contributed by atoms with Crippen LogP contribution in [-0.2, 0) is 26.0 Å². The van der Waals surface area contributed by atoms with Gasteiger partial charge in [-0.1, -0.05) is 48.5 Å². The van der Waals surface area contributed by atoms with Crippen LogP contribution in [0.1, 0.15) is 28.0 Å². The van der Waals surface area contributed by atoms with E-state index in [2.05, 4.69) is 0 Å². The highest BCUT2D eigenvalue weighted by atomic mass is 32.2. The summed E-state index contributed by atoms with van der Waals surface area (Å²) in [5, 5.41) is 0.603. The van der Waals surface area contributed by atoms with E-state index in [4.69, 9.17) is 4.74 Å². The van der Waals surface area contributed by atoms with Crippen molar-refractivity contribution in [3.05, 3.63) is 102 Å². The molecule has 0 amide bonds. The maximum absolute atomic E-state index is 13.5. The average Bonchev–Trinajstić information content (AvgIpc) is 3.21. The molecule has 1 heterocycles. The van der Waals surface area contributed by atoms with Crippen LogP contribution in [0.2, 0.25) is 0 Å². The van der Waals surface area contributed by atoms with Crippen molar-refractivity contribution in [1.82, 2.24) is 3.97 Å². The van der Waals surface area contributed by atoms with Crippen molar-refractivity contribution in [3.8, 4) is 0 Å². The first-order valence-corrected chi connectivity index (χ1v) is 11.5. The first kappa shape index (κ1) is 21.5. The number of fused-ring (bicyclic) bond motifs is 1. The maximum Gasteiger partial charge on any atom is 0.305 e. The first-order valence-electron chi connectivity index (χ1n) is 10.0. The van der Waals surface area contributed by atoms with E-state index in [0.29, 0.717) is 27.7 Å². The number of benzene rings is 3. The molecular weight excluding hydrogens is 426 g/mol. The fraction of sp³-hybridized carbons (Fsp3) is 0.120. The Hall–Kier alpha value is -3.71. The number of rotatable bonds is 7. The molecule has 4 aromatic rings.